The topological polar surface area (TPSA) is 58.9 Å². The van der Waals surface area contributed by atoms with Crippen molar-refractivity contribution >= 4 is 28.2 Å². The molecule has 0 saturated heterocycles. The first-order valence-electron chi connectivity index (χ1n) is 5.66. The Labute approximate surface area is 110 Å². The number of nitrogens with one attached hydrogen (secondary N) is 2. The molecule has 0 saturated carbocycles. The molecule has 1 aromatic carbocycles. The summed E-state index contributed by atoms with van der Waals surface area (Å²) in [6.07, 6.45) is 0. The average Bonchev–Trinajstić information content (AvgIpc) is 2.35. The maximum absolute atomic E-state index is 12.3. The zero-order chi connectivity index (χ0) is 13.1. The summed E-state index contributed by atoms with van der Waals surface area (Å²) in [5, 5.41) is 3.90. The quantitative estimate of drug-likeness (QED) is 0.795. The third-order valence-corrected chi connectivity index (χ3v) is 2.73. The Balaban J connectivity index is 2.51. The monoisotopic (exact) mass is 262 g/mol. The van der Waals surface area contributed by atoms with Gasteiger partial charge in [-0.2, -0.15) is 0 Å². The van der Waals surface area contributed by atoms with E-state index in [1.165, 1.54) is 4.68 Å². The zero-order valence-corrected chi connectivity index (χ0v) is 11.0. The summed E-state index contributed by atoms with van der Waals surface area (Å²) in [7, 11) is 0. The third kappa shape index (κ3) is 2.33. The lowest BCUT2D eigenvalue weighted by atomic mass is 10.2. The average molecular weight is 262 g/mol. The Morgan fingerprint density at radius 3 is 2.89 bits per heavy atom. The Hall–Kier alpha value is -1.95. The molecule has 2 N–H and O–H groups in total. The van der Waals surface area contributed by atoms with Crippen LogP contribution in [0.3, 0.4) is 0 Å². The van der Waals surface area contributed by atoms with E-state index in [-0.39, 0.29) is 5.56 Å². The van der Waals surface area contributed by atoms with Crippen LogP contribution in [0.4, 0.5) is 0 Å². The summed E-state index contributed by atoms with van der Waals surface area (Å²) >= 11 is 5.07. The molecule has 5 nitrogen and oxygen atoms in total. The number of aryl methyl sites for hydroxylation is 1. The second-order valence-corrected chi connectivity index (χ2v) is 4.20. The number of aromatic nitrogens is 2. The fourth-order valence-electron chi connectivity index (χ4n) is 1.68. The highest BCUT2D eigenvalue weighted by Gasteiger charge is 2.08. The van der Waals surface area contributed by atoms with E-state index in [1.807, 2.05) is 25.1 Å². The lowest BCUT2D eigenvalue weighted by Crippen LogP contribution is -2.40. The van der Waals surface area contributed by atoms with Crippen molar-refractivity contribution in [2.75, 3.05) is 12.0 Å². The van der Waals surface area contributed by atoms with Crippen LogP contribution in [-0.2, 0) is 0 Å². The Bertz CT molecular complexity index is 650. The van der Waals surface area contributed by atoms with Crippen LogP contribution in [-0.4, -0.2) is 21.3 Å². The van der Waals surface area contributed by atoms with Gasteiger partial charge in [-0.05, 0) is 38.2 Å². The fourth-order valence-corrected chi connectivity index (χ4v) is 1.91. The van der Waals surface area contributed by atoms with Crippen LogP contribution >= 0.6 is 12.2 Å². The molecular formula is C12H14N4OS. The van der Waals surface area contributed by atoms with Crippen molar-refractivity contribution in [2.24, 2.45) is 0 Å². The smallest absolute Gasteiger partial charge is 0.280 e. The molecule has 2 rings (SSSR count). The zero-order valence-electron chi connectivity index (χ0n) is 10.2. The molecule has 0 atom stereocenters. The maximum atomic E-state index is 12.3. The molecule has 0 radical (unpaired) electrons. The minimum atomic E-state index is -0.154. The lowest BCUT2D eigenvalue weighted by molar-refractivity contribution is 0.821. The lowest BCUT2D eigenvalue weighted by Gasteiger charge is -2.14. The molecule has 0 aliphatic carbocycles. The largest absolute Gasteiger partial charge is 0.362 e. The predicted octanol–water partition coefficient (Wildman–Crippen LogP) is 1.14. The van der Waals surface area contributed by atoms with Gasteiger partial charge in [0.05, 0.1) is 10.9 Å². The van der Waals surface area contributed by atoms with Crippen LogP contribution in [0.1, 0.15) is 12.7 Å². The molecule has 0 fully saturated rings. The van der Waals surface area contributed by atoms with Crippen LogP contribution in [0.5, 0.6) is 0 Å². The molecular weight excluding hydrogens is 248 g/mol. The summed E-state index contributed by atoms with van der Waals surface area (Å²) < 4.78 is 1.35. The van der Waals surface area contributed by atoms with E-state index in [0.717, 1.165) is 0 Å². The first kappa shape index (κ1) is 12.5. The van der Waals surface area contributed by atoms with E-state index < -0.39 is 0 Å². The first-order valence-corrected chi connectivity index (χ1v) is 6.07. The van der Waals surface area contributed by atoms with Gasteiger partial charge in [0, 0.05) is 6.54 Å². The molecule has 0 unspecified atom stereocenters. The highest BCUT2D eigenvalue weighted by atomic mass is 32.1. The highest BCUT2D eigenvalue weighted by molar-refractivity contribution is 7.80. The molecule has 0 amide bonds. The van der Waals surface area contributed by atoms with Crippen molar-refractivity contribution in [3.63, 3.8) is 0 Å². The van der Waals surface area contributed by atoms with Crippen molar-refractivity contribution in [3.8, 4) is 0 Å². The standard InChI is InChI=1S/C12H14N4OS/c1-3-13-12(18)15-16-8(2)14-10-7-5-4-6-9(10)11(16)17/h4-7H,3H2,1-2H3,(H2,13,15,18). The molecule has 94 valence electrons. The van der Waals surface area contributed by atoms with Gasteiger partial charge in [0.15, 0.2) is 5.11 Å². The third-order valence-electron chi connectivity index (χ3n) is 2.49. The van der Waals surface area contributed by atoms with Crippen molar-refractivity contribution in [2.45, 2.75) is 13.8 Å². The molecule has 0 spiro atoms. The van der Waals surface area contributed by atoms with E-state index in [2.05, 4.69) is 15.7 Å². The van der Waals surface area contributed by atoms with E-state index >= 15 is 0 Å². The molecule has 1 aromatic heterocycles. The summed E-state index contributed by atoms with van der Waals surface area (Å²) in [5.41, 5.74) is 3.37. The van der Waals surface area contributed by atoms with Crippen LogP contribution in [0.15, 0.2) is 29.1 Å². The van der Waals surface area contributed by atoms with Crippen LogP contribution in [0.2, 0.25) is 0 Å². The minimum Gasteiger partial charge on any atom is -0.362 e. The molecule has 6 heteroatoms. The van der Waals surface area contributed by atoms with Crippen LogP contribution < -0.4 is 16.3 Å². The molecule has 18 heavy (non-hydrogen) atoms. The van der Waals surface area contributed by atoms with Crippen molar-refractivity contribution in [3.05, 3.63) is 40.4 Å². The second kappa shape index (κ2) is 5.14. The summed E-state index contributed by atoms with van der Waals surface area (Å²) in [6.45, 7) is 4.39. The number of para-hydroxylation sites is 1. The number of fused-ring (bicyclic) bond motifs is 1. The predicted molar refractivity (Wildman–Crippen MR) is 76.4 cm³/mol. The Kier molecular flexibility index (Phi) is 3.57. The number of hydrogen-bond donors (Lipinski definition) is 2. The summed E-state index contributed by atoms with van der Waals surface area (Å²) in [4.78, 5) is 16.6. The number of benzene rings is 1. The molecule has 1 heterocycles. The van der Waals surface area contributed by atoms with Crippen molar-refractivity contribution in [1.82, 2.24) is 15.0 Å². The summed E-state index contributed by atoms with van der Waals surface area (Å²) in [6, 6.07) is 7.23. The molecule has 2 aromatic rings. The number of rotatable bonds is 2. The number of thiocarbonyl (C=S) groups is 1. The van der Waals surface area contributed by atoms with Gasteiger partial charge in [-0.3, -0.25) is 10.2 Å². The van der Waals surface area contributed by atoms with Gasteiger partial charge in [-0.15, -0.1) is 0 Å². The summed E-state index contributed by atoms with van der Waals surface area (Å²) in [5.74, 6) is 0.568. The van der Waals surface area contributed by atoms with Crippen molar-refractivity contribution in [1.29, 1.82) is 0 Å². The molecule has 0 aliphatic heterocycles. The Morgan fingerprint density at radius 1 is 1.44 bits per heavy atom. The van der Waals surface area contributed by atoms with Crippen LogP contribution in [0.25, 0.3) is 10.9 Å². The van der Waals surface area contributed by atoms with E-state index in [4.69, 9.17) is 12.2 Å². The Morgan fingerprint density at radius 2 is 2.17 bits per heavy atom. The van der Waals surface area contributed by atoms with Gasteiger partial charge in [0.25, 0.3) is 5.56 Å². The van der Waals surface area contributed by atoms with E-state index in [0.29, 0.717) is 28.4 Å². The van der Waals surface area contributed by atoms with Gasteiger partial charge in [-0.25, -0.2) is 9.66 Å². The number of hydrogen-bond acceptors (Lipinski definition) is 3. The first-order chi connectivity index (χ1) is 8.63. The fraction of sp³-hybridized carbons (Fsp3) is 0.250. The number of nitrogens with zero attached hydrogens (tertiary/aromatic N) is 2. The maximum Gasteiger partial charge on any atom is 0.280 e. The minimum absolute atomic E-state index is 0.154. The molecule has 0 aliphatic rings. The normalized spacial score (nSPS) is 10.3. The van der Waals surface area contributed by atoms with Crippen LogP contribution in [0, 0.1) is 6.92 Å². The van der Waals surface area contributed by atoms with Gasteiger partial charge in [-0.1, -0.05) is 12.1 Å². The van der Waals surface area contributed by atoms with Gasteiger partial charge >= 0.3 is 0 Å². The van der Waals surface area contributed by atoms with E-state index in [9.17, 15) is 4.79 Å². The van der Waals surface area contributed by atoms with Crippen molar-refractivity contribution < 1.29 is 0 Å². The van der Waals surface area contributed by atoms with Gasteiger partial charge in [0.1, 0.15) is 5.82 Å². The highest BCUT2D eigenvalue weighted by Crippen LogP contribution is 2.06. The second-order valence-electron chi connectivity index (χ2n) is 3.79. The molecule has 0 bridgehead atoms. The SMILES string of the molecule is CCNC(=S)Nn1c(C)nc2ccccc2c1=O. The van der Waals surface area contributed by atoms with E-state index in [1.54, 1.807) is 13.0 Å². The van der Waals surface area contributed by atoms with Gasteiger partial charge in [0.2, 0.25) is 0 Å². The van der Waals surface area contributed by atoms with Gasteiger partial charge < -0.3 is 5.32 Å².